The Hall–Kier alpha value is -0.770. The number of hydrogen-bond donors (Lipinski definition) is 2. The highest BCUT2D eigenvalue weighted by atomic mass is 35.5. The Morgan fingerprint density at radius 2 is 1.91 bits per heavy atom. The summed E-state index contributed by atoms with van der Waals surface area (Å²) in [5.41, 5.74) is 1.09. The van der Waals surface area contributed by atoms with E-state index >= 15 is 0 Å². The zero-order valence-corrected chi connectivity index (χ0v) is 14.8. The van der Waals surface area contributed by atoms with E-state index in [1.165, 1.54) is 12.8 Å². The van der Waals surface area contributed by atoms with Crippen LogP contribution in [0.1, 0.15) is 44.1 Å². The molecule has 1 saturated carbocycles. The van der Waals surface area contributed by atoms with Crippen LogP contribution in [0.5, 0.6) is 0 Å². The summed E-state index contributed by atoms with van der Waals surface area (Å²) < 4.78 is 0. The van der Waals surface area contributed by atoms with Gasteiger partial charge >= 0.3 is 0 Å². The van der Waals surface area contributed by atoms with Gasteiger partial charge in [-0.1, -0.05) is 42.1 Å². The fourth-order valence-electron chi connectivity index (χ4n) is 4.00. The fraction of sp³-hybridized carbons (Fsp3) is 0.611. The monoisotopic (exact) mass is 354 g/mol. The molecule has 1 heterocycles. The molecule has 1 saturated heterocycles. The summed E-state index contributed by atoms with van der Waals surface area (Å²) in [6.45, 7) is 2.55. The molecule has 126 valence electrons. The first kappa shape index (κ1) is 17.1. The molecule has 3 nitrogen and oxygen atoms in total. The van der Waals surface area contributed by atoms with E-state index in [1.807, 2.05) is 18.2 Å². The standard InChI is InChI=1S/C18H24Cl2N2O/c19-14-3-4-15(16(20)11-14)18(7-1-2-8-18)12-22-17(23)13-5-9-21-10-6-13/h3-4,11,13,21H,1-2,5-10,12H2,(H,22,23). The van der Waals surface area contributed by atoms with E-state index < -0.39 is 0 Å². The molecular formula is C18H24Cl2N2O. The highest BCUT2D eigenvalue weighted by Crippen LogP contribution is 2.44. The predicted octanol–water partition coefficient (Wildman–Crippen LogP) is 3.92. The average molecular weight is 355 g/mol. The SMILES string of the molecule is O=C(NCC1(c2ccc(Cl)cc2Cl)CCCC1)C1CCNCC1. The van der Waals surface area contributed by atoms with Crippen molar-refractivity contribution in [2.75, 3.05) is 19.6 Å². The maximum absolute atomic E-state index is 12.5. The van der Waals surface area contributed by atoms with Gasteiger partial charge < -0.3 is 10.6 Å². The van der Waals surface area contributed by atoms with Crippen molar-refractivity contribution in [2.45, 2.75) is 43.9 Å². The number of hydrogen-bond acceptors (Lipinski definition) is 2. The number of benzene rings is 1. The molecule has 2 N–H and O–H groups in total. The smallest absolute Gasteiger partial charge is 0.223 e. The minimum absolute atomic E-state index is 0.0375. The summed E-state index contributed by atoms with van der Waals surface area (Å²) in [4.78, 5) is 12.5. The van der Waals surface area contributed by atoms with Crippen LogP contribution in [-0.2, 0) is 10.2 Å². The lowest BCUT2D eigenvalue weighted by Gasteiger charge is -2.32. The molecule has 0 bridgehead atoms. The number of rotatable bonds is 4. The molecule has 0 unspecified atom stereocenters. The van der Waals surface area contributed by atoms with Gasteiger partial charge in [0, 0.05) is 27.9 Å². The van der Waals surface area contributed by atoms with E-state index in [4.69, 9.17) is 23.2 Å². The topological polar surface area (TPSA) is 41.1 Å². The average Bonchev–Trinajstić information content (AvgIpc) is 3.03. The molecule has 3 rings (SSSR count). The number of carbonyl (C=O) groups excluding carboxylic acids is 1. The highest BCUT2D eigenvalue weighted by Gasteiger charge is 2.38. The van der Waals surface area contributed by atoms with Crippen LogP contribution in [0.15, 0.2) is 18.2 Å². The number of halogens is 2. The lowest BCUT2D eigenvalue weighted by molar-refractivity contribution is -0.126. The molecular weight excluding hydrogens is 331 g/mol. The highest BCUT2D eigenvalue weighted by molar-refractivity contribution is 6.35. The number of nitrogens with one attached hydrogen (secondary N) is 2. The summed E-state index contributed by atoms with van der Waals surface area (Å²) >= 11 is 12.5. The van der Waals surface area contributed by atoms with Crippen LogP contribution in [0, 0.1) is 5.92 Å². The molecule has 1 aromatic carbocycles. The maximum atomic E-state index is 12.5. The van der Waals surface area contributed by atoms with Crippen molar-refractivity contribution in [2.24, 2.45) is 5.92 Å². The van der Waals surface area contributed by atoms with Gasteiger partial charge in [-0.05, 0) is 56.5 Å². The van der Waals surface area contributed by atoms with Gasteiger partial charge in [0.2, 0.25) is 5.91 Å². The predicted molar refractivity (Wildman–Crippen MR) is 95.2 cm³/mol. The Labute approximate surface area is 148 Å². The van der Waals surface area contributed by atoms with E-state index in [0.717, 1.165) is 49.4 Å². The normalized spacial score (nSPS) is 21.3. The third-order valence-electron chi connectivity index (χ3n) is 5.37. The second-order valence-electron chi connectivity index (χ2n) is 6.85. The van der Waals surface area contributed by atoms with Crippen LogP contribution in [0.3, 0.4) is 0 Å². The summed E-state index contributed by atoms with van der Waals surface area (Å²) in [5, 5.41) is 7.90. The Bertz CT molecular complexity index is 564. The van der Waals surface area contributed by atoms with Gasteiger partial charge in [-0.2, -0.15) is 0 Å². The summed E-state index contributed by atoms with van der Waals surface area (Å²) in [5.74, 6) is 0.346. The van der Waals surface area contributed by atoms with E-state index in [-0.39, 0.29) is 17.2 Å². The maximum Gasteiger partial charge on any atom is 0.223 e. The molecule has 5 heteroatoms. The van der Waals surface area contributed by atoms with Gasteiger partial charge in [-0.25, -0.2) is 0 Å². The summed E-state index contributed by atoms with van der Waals surface area (Å²) in [6.07, 6.45) is 6.37. The summed E-state index contributed by atoms with van der Waals surface area (Å²) in [6, 6.07) is 5.75. The van der Waals surface area contributed by atoms with Crippen molar-refractivity contribution >= 4 is 29.1 Å². The number of piperidine rings is 1. The minimum Gasteiger partial charge on any atom is -0.355 e. The Morgan fingerprint density at radius 1 is 1.22 bits per heavy atom. The second-order valence-corrected chi connectivity index (χ2v) is 7.70. The van der Waals surface area contributed by atoms with Crippen molar-refractivity contribution in [1.82, 2.24) is 10.6 Å². The molecule has 0 radical (unpaired) electrons. The molecule has 1 aliphatic carbocycles. The largest absolute Gasteiger partial charge is 0.355 e. The van der Waals surface area contributed by atoms with Crippen molar-refractivity contribution < 1.29 is 4.79 Å². The van der Waals surface area contributed by atoms with Crippen LogP contribution < -0.4 is 10.6 Å². The van der Waals surface area contributed by atoms with Crippen LogP contribution in [-0.4, -0.2) is 25.5 Å². The Kier molecular flexibility index (Phi) is 5.50. The molecule has 1 amide bonds. The van der Waals surface area contributed by atoms with Gasteiger partial charge in [0.05, 0.1) is 0 Å². The third kappa shape index (κ3) is 3.84. The number of carbonyl (C=O) groups is 1. The lowest BCUT2D eigenvalue weighted by Crippen LogP contribution is -2.44. The molecule has 0 spiro atoms. The van der Waals surface area contributed by atoms with Gasteiger partial charge in [0.15, 0.2) is 0 Å². The summed E-state index contributed by atoms with van der Waals surface area (Å²) in [7, 11) is 0. The molecule has 0 atom stereocenters. The van der Waals surface area contributed by atoms with Crippen molar-refractivity contribution in [3.8, 4) is 0 Å². The zero-order chi connectivity index (χ0) is 16.3. The minimum atomic E-state index is -0.0375. The van der Waals surface area contributed by atoms with Crippen molar-refractivity contribution in [3.63, 3.8) is 0 Å². The van der Waals surface area contributed by atoms with E-state index in [2.05, 4.69) is 10.6 Å². The molecule has 2 fully saturated rings. The molecule has 0 aromatic heterocycles. The number of amides is 1. The van der Waals surface area contributed by atoms with E-state index in [9.17, 15) is 4.79 Å². The molecule has 1 aromatic rings. The first-order chi connectivity index (χ1) is 11.1. The van der Waals surface area contributed by atoms with Crippen LogP contribution >= 0.6 is 23.2 Å². The van der Waals surface area contributed by atoms with Gasteiger partial charge in [0.25, 0.3) is 0 Å². The molecule has 2 aliphatic rings. The van der Waals surface area contributed by atoms with E-state index in [1.54, 1.807) is 0 Å². The van der Waals surface area contributed by atoms with Gasteiger partial charge in [-0.15, -0.1) is 0 Å². The van der Waals surface area contributed by atoms with Crippen LogP contribution in [0.25, 0.3) is 0 Å². The first-order valence-corrected chi connectivity index (χ1v) is 9.30. The second kappa shape index (κ2) is 7.42. The van der Waals surface area contributed by atoms with E-state index in [0.29, 0.717) is 11.6 Å². The van der Waals surface area contributed by atoms with Crippen LogP contribution in [0.4, 0.5) is 0 Å². The molecule has 1 aliphatic heterocycles. The Morgan fingerprint density at radius 3 is 2.57 bits per heavy atom. The van der Waals surface area contributed by atoms with Gasteiger partial charge in [0.1, 0.15) is 0 Å². The first-order valence-electron chi connectivity index (χ1n) is 8.55. The van der Waals surface area contributed by atoms with Crippen molar-refractivity contribution in [3.05, 3.63) is 33.8 Å². The van der Waals surface area contributed by atoms with Gasteiger partial charge in [-0.3, -0.25) is 4.79 Å². The fourth-order valence-corrected chi connectivity index (χ4v) is 4.61. The lowest BCUT2D eigenvalue weighted by atomic mass is 9.78. The Balaban J connectivity index is 1.72. The third-order valence-corrected chi connectivity index (χ3v) is 5.92. The zero-order valence-electron chi connectivity index (χ0n) is 13.3. The molecule has 23 heavy (non-hydrogen) atoms. The van der Waals surface area contributed by atoms with Crippen molar-refractivity contribution in [1.29, 1.82) is 0 Å². The van der Waals surface area contributed by atoms with Crippen LogP contribution in [0.2, 0.25) is 10.0 Å². The quantitative estimate of drug-likeness (QED) is 0.860.